The predicted octanol–water partition coefficient (Wildman–Crippen LogP) is 3.90. The second kappa shape index (κ2) is 16.4. The molecule has 19 heavy (non-hydrogen) atoms. The minimum atomic E-state index is -1.35. The quantitative estimate of drug-likeness (QED) is 0.352. The minimum absolute atomic E-state index is 0. The average Bonchev–Trinajstić information content (AvgIpc) is 2.35. The van der Waals surface area contributed by atoms with Gasteiger partial charge in [-0.2, -0.15) is 0 Å². The number of hydrogen-bond donors (Lipinski definition) is 3. The van der Waals surface area contributed by atoms with Crippen LogP contribution in [-0.2, 0) is 0 Å². The normalized spacial score (nSPS) is 12.5. The first kappa shape index (κ1) is 21.7. The first-order valence-corrected chi connectivity index (χ1v) is 7.80. The molecule has 0 spiro atoms. The molecule has 0 fully saturated rings. The van der Waals surface area contributed by atoms with Crippen LogP contribution in [0.5, 0.6) is 0 Å². The summed E-state index contributed by atoms with van der Waals surface area (Å²) in [6, 6.07) is -0.469. The highest BCUT2D eigenvalue weighted by Gasteiger charge is 2.09. The Hall–Kier alpha value is 0.360. The van der Waals surface area contributed by atoms with Crippen molar-refractivity contribution in [3.05, 3.63) is 0 Å². The molecule has 3 nitrogen and oxygen atoms in total. The smallest absolute Gasteiger partial charge is 0.166 e. The van der Waals surface area contributed by atoms with Gasteiger partial charge in [0, 0.05) is 0 Å². The molecule has 0 heterocycles. The summed E-state index contributed by atoms with van der Waals surface area (Å²) in [4.78, 5) is 0. The van der Waals surface area contributed by atoms with Gasteiger partial charge < -0.3 is 15.9 Å². The van der Waals surface area contributed by atoms with Crippen molar-refractivity contribution in [1.29, 1.82) is 0 Å². The Kier molecular flexibility index (Phi) is 18.7. The van der Waals surface area contributed by atoms with E-state index in [0.29, 0.717) is 6.42 Å². The molecule has 0 radical (unpaired) electrons. The van der Waals surface area contributed by atoms with Crippen LogP contribution in [0, 0.1) is 0 Å². The van der Waals surface area contributed by atoms with E-state index in [-0.39, 0.29) is 17.0 Å². The van der Waals surface area contributed by atoms with Crippen LogP contribution >= 0.6 is 17.0 Å². The molecule has 0 aliphatic rings. The highest BCUT2D eigenvalue weighted by molar-refractivity contribution is 8.93. The summed E-state index contributed by atoms with van der Waals surface area (Å²) in [5.74, 6) is 0. The molecule has 118 valence electrons. The number of hydrogen-bond acceptors (Lipinski definition) is 3. The van der Waals surface area contributed by atoms with E-state index in [0.717, 1.165) is 12.8 Å². The lowest BCUT2D eigenvalue weighted by Crippen LogP contribution is -2.34. The maximum atomic E-state index is 8.81. The predicted molar refractivity (Wildman–Crippen MR) is 87.6 cm³/mol. The second-order valence-electron chi connectivity index (χ2n) is 5.40. The topological polar surface area (TPSA) is 66.5 Å². The number of unbranched alkanes of at least 4 members (excludes halogenated alkanes) is 10. The molecular formula is C15H34BrNO2. The van der Waals surface area contributed by atoms with Crippen molar-refractivity contribution in [2.75, 3.05) is 0 Å². The first-order valence-electron chi connectivity index (χ1n) is 7.80. The van der Waals surface area contributed by atoms with Gasteiger partial charge in [-0.3, -0.25) is 0 Å². The van der Waals surface area contributed by atoms with E-state index in [1.165, 1.54) is 57.8 Å². The van der Waals surface area contributed by atoms with E-state index in [4.69, 9.17) is 15.9 Å². The van der Waals surface area contributed by atoms with Crippen LogP contribution < -0.4 is 5.73 Å². The summed E-state index contributed by atoms with van der Waals surface area (Å²) in [6.45, 7) is 2.25. The summed E-state index contributed by atoms with van der Waals surface area (Å²) in [7, 11) is 0. The van der Waals surface area contributed by atoms with Crippen LogP contribution in [-0.4, -0.2) is 22.5 Å². The van der Waals surface area contributed by atoms with E-state index in [9.17, 15) is 0 Å². The number of nitrogens with two attached hydrogens (primary N) is 1. The summed E-state index contributed by atoms with van der Waals surface area (Å²) < 4.78 is 0. The van der Waals surface area contributed by atoms with Gasteiger partial charge in [0.2, 0.25) is 0 Å². The third-order valence-corrected chi connectivity index (χ3v) is 3.52. The molecule has 0 saturated carbocycles. The van der Waals surface area contributed by atoms with Crippen LogP contribution in [0.15, 0.2) is 0 Å². The van der Waals surface area contributed by atoms with E-state index < -0.39 is 12.3 Å². The summed E-state index contributed by atoms with van der Waals surface area (Å²) >= 11 is 0. The van der Waals surface area contributed by atoms with E-state index in [1.54, 1.807) is 0 Å². The zero-order chi connectivity index (χ0) is 13.6. The van der Waals surface area contributed by atoms with Gasteiger partial charge in [-0.1, -0.05) is 77.6 Å². The van der Waals surface area contributed by atoms with Gasteiger partial charge in [-0.15, -0.1) is 17.0 Å². The van der Waals surface area contributed by atoms with Crippen molar-refractivity contribution < 1.29 is 10.2 Å². The van der Waals surface area contributed by atoms with Crippen molar-refractivity contribution in [2.24, 2.45) is 5.73 Å². The average molecular weight is 340 g/mol. The van der Waals surface area contributed by atoms with Crippen molar-refractivity contribution >= 4 is 17.0 Å². The fourth-order valence-corrected chi connectivity index (χ4v) is 2.19. The highest BCUT2D eigenvalue weighted by atomic mass is 79.9. The number of halogens is 1. The van der Waals surface area contributed by atoms with Gasteiger partial charge in [0.25, 0.3) is 0 Å². The lowest BCUT2D eigenvalue weighted by molar-refractivity contribution is -0.0599. The standard InChI is InChI=1S/C15H33NO2.BrH/c1-2-3-4-5-6-7-8-9-10-11-12-13-14(16)15(17)18;/h14-15,17-18H,2-13,16H2,1H3;1H. The molecule has 0 aromatic carbocycles. The molecule has 4 heteroatoms. The molecular weight excluding hydrogens is 306 g/mol. The fraction of sp³-hybridized carbons (Fsp3) is 1.00. The summed E-state index contributed by atoms with van der Waals surface area (Å²) in [5, 5.41) is 17.6. The maximum Gasteiger partial charge on any atom is 0.166 e. The third-order valence-electron chi connectivity index (χ3n) is 3.52. The third kappa shape index (κ3) is 16.3. The van der Waals surface area contributed by atoms with Crippen LogP contribution in [0.2, 0.25) is 0 Å². The van der Waals surface area contributed by atoms with Crippen molar-refractivity contribution in [1.82, 2.24) is 0 Å². The monoisotopic (exact) mass is 339 g/mol. The Morgan fingerprint density at radius 3 is 1.47 bits per heavy atom. The molecule has 0 aromatic heterocycles. The van der Waals surface area contributed by atoms with Crippen LogP contribution in [0.4, 0.5) is 0 Å². The van der Waals surface area contributed by atoms with Crippen molar-refractivity contribution in [3.8, 4) is 0 Å². The molecule has 1 unspecified atom stereocenters. The lowest BCUT2D eigenvalue weighted by Gasteiger charge is -2.12. The Morgan fingerprint density at radius 2 is 1.11 bits per heavy atom. The molecule has 0 amide bonds. The highest BCUT2D eigenvalue weighted by Crippen LogP contribution is 2.12. The zero-order valence-corrected chi connectivity index (χ0v) is 14.2. The Balaban J connectivity index is 0. The Labute approximate surface area is 129 Å². The fourth-order valence-electron chi connectivity index (χ4n) is 2.19. The van der Waals surface area contributed by atoms with E-state index in [1.807, 2.05) is 0 Å². The maximum absolute atomic E-state index is 8.81. The molecule has 0 aliphatic heterocycles. The van der Waals surface area contributed by atoms with Crippen LogP contribution in [0.1, 0.15) is 84.0 Å². The van der Waals surface area contributed by atoms with Crippen molar-refractivity contribution in [2.45, 2.75) is 96.3 Å². The van der Waals surface area contributed by atoms with Crippen LogP contribution in [0.25, 0.3) is 0 Å². The van der Waals surface area contributed by atoms with E-state index in [2.05, 4.69) is 6.92 Å². The SMILES string of the molecule is Br.CCCCCCCCCCCCCC(N)C(O)O. The molecule has 1 atom stereocenters. The lowest BCUT2D eigenvalue weighted by atomic mass is 10.0. The van der Waals surface area contributed by atoms with Gasteiger partial charge in [-0.05, 0) is 6.42 Å². The van der Waals surface area contributed by atoms with Gasteiger partial charge in [0.15, 0.2) is 6.29 Å². The van der Waals surface area contributed by atoms with E-state index >= 15 is 0 Å². The van der Waals surface area contributed by atoms with Gasteiger partial charge in [0.1, 0.15) is 0 Å². The molecule has 4 N–H and O–H groups in total. The molecule has 0 bridgehead atoms. The molecule has 0 aromatic rings. The Bertz CT molecular complexity index is 168. The van der Waals surface area contributed by atoms with Crippen molar-refractivity contribution in [3.63, 3.8) is 0 Å². The van der Waals surface area contributed by atoms with Gasteiger partial charge in [-0.25, -0.2) is 0 Å². The first-order chi connectivity index (χ1) is 8.68. The minimum Gasteiger partial charge on any atom is -0.367 e. The number of aliphatic hydroxyl groups excluding tert-OH is 1. The number of rotatable bonds is 13. The second-order valence-corrected chi connectivity index (χ2v) is 5.40. The summed E-state index contributed by atoms with van der Waals surface area (Å²) in [5.41, 5.74) is 5.54. The number of aliphatic hydroxyl groups is 2. The molecule has 0 aliphatic carbocycles. The molecule has 0 rings (SSSR count). The van der Waals surface area contributed by atoms with Gasteiger partial charge in [0.05, 0.1) is 6.04 Å². The zero-order valence-electron chi connectivity index (χ0n) is 12.5. The Morgan fingerprint density at radius 1 is 0.737 bits per heavy atom. The largest absolute Gasteiger partial charge is 0.367 e. The molecule has 0 saturated heterocycles. The van der Waals surface area contributed by atoms with Crippen LogP contribution in [0.3, 0.4) is 0 Å². The summed E-state index contributed by atoms with van der Waals surface area (Å²) in [6.07, 6.45) is 13.7. The van der Waals surface area contributed by atoms with Gasteiger partial charge >= 0.3 is 0 Å².